The molecular weight excluding hydrogens is 326 g/mol. The largest absolute Gasteiger partial charge is 0.334 e. The number of nitrogens with zero attached hydrogens (tertiary/aromatic N) is 1. The van der Waals surface area contributed by atoms with Crippen LogP contribution in [0.25, 0.3) is 0 Å². The number of rotatable bonds is 6. The van der Waals surface area contributed by atoms with Crippen LogP contribution in [0.1, 0.15) is 41.3 Å². The molecule has 0 saturated carbocycles. The van der Waals surface area contributed by atoms with E-state index in [-0.39, 0.29) is 16.8 Å². The lowest BCUT2D eigenvalue weighted by molar-refractivity contribution is 0.0692. The van der Waals surface area contributed by atoms with Crippen molar-refractivity contribution in [3.05, 3.63) is 28.8 Å². The highest BCUT2D eigenvalue weighted by Gasteiger charge is 2.28. The van der Waals surface area contributed by atoms with Crippen molar-refractivity contribution in [2.75, 3.05) is 26.7 Å². The average Bonchev–Trinajstić information content (AvgIpc) is 3.08. The van der Waals surface area contributed by atoms with Crippen LogP contribution in [0, 0.1) is 13.8 Å². The van der Waals surface area contributed by atoms with E-state index in [1.807, 2.05) is 18.7 Å². The Labute approximate surface area is 144 Å². The smallest absolute Gasteiger partial charge is 0.254 e. The first-order valence-corrected chi connectivity index (χ1v) is 9.86. The molecule has 0 aliphatic carbocycles. The summed E-state index contributed by atoms with van der Waals surface area (Å²) >= 11 is 0. The highest BCUT2D eigenvalue weighted by atomic mass is 32.2. The minimum absolute atomic E-state index is 0.0961. The zero-order chi connectivity index (χ0) is 17.9. The van der Waals surface area contributed by atoms with Crippen molar-refractivity contribution in [3.8, 4) is 0 Å². The molecule has 1 amide bonds. The Bertz CT molecular complexity index is 710. The fraction of sp³-hybridized carbons (Fsp3) is 0.588. The Morgan fingerprint density at radius 2 is 2.08 bits per heavy atom. The maximum absolute atomic E-state index is 13.0. The van der Waals surface area contributed by atoms with Crippen LogP contribution in [0.4, 0.5) is 0 Å². The van der Waals surface area contributed by atoms with Gasteiger partial charge in [-0.3, -0.25) is 4.79 Å². The van der Waals surface area contributed by atoms with Crippen molar-refractivity contribution < 1.29 is 13.2 Å². The van der Waals surface area contributed by atoms with Crippen LogP contribution in [0.2, 0.25) is 0 Å². The third-order valence-electron chi connectivity index (χ3n) is 4.63. The quantitative estimate of drug-likeness (QED) is 0.811. The first-order valence-electron chi connectivity index (χ1n) is 8.38. The van der Waals surface area contributed by atoms with Crippen LogP contribution in [-0.2, 0) is 10.0 Å². The van der Waals surface area contributed by atoms with E-state index in [2.05, 4.69) is 10.0 Å². The molecule has 1 fully saturated rings. The second-order valence-electron chi connectivity index (χ2n) is 6.27. The number of carbonyl (C=O) groups is 1. The molecule has 1 unspecified atom stereocenters. The van der Waals surface area contributed by atoms with Gasteiger partial charge in [0.05, 0.1) is 4.90 Å². The highest BCUT2D eigenvalue weighted by molar-refractivity contribution is 7.89. The Morgan fingerprint density at radius 3 is 2.62 bits per heavy atom. The number of aryl methyl sites for hydroxylation is 1. The van der Waals surface area contributed by atoms with Crippen LogP contribution in [0.5, 0.6) is 0 Å². The number of hydrogen-bond acceptors (Lipinski definition) is 4. The highest BCUT2D eigenvalue weighted by Crippen LogP contribution is 2.23. The predicted molar refractivity (Wildman–Crippen MR) is 94.8 cm³/mol. The summed E-state index contributed by atoms with van der Waals surface area (Å²) in [7, 11) is -2.22. The van der Waals surface area contributed by atoms with Crippen LogP contribution >= 0.6 is 0 Å². The zero-order valence-electron chi connectivity index (χ0n) is 14.8. The molecule has 24 heavy (non-hydrogen) atoms. The van der Waals surface area contributed by atoms with Gasteiger partial charge in [-0.05, 0) is 63.5 Å². The van der Waals surface area contributed by atoms with Gasteiger partial charge in [0, 0.05) is 24.7 Å². The number of amides is 1. The molecule has 1 aromatic carbocycles. The third kappa shape index (κ3) is 3.79. The zero-order valence-corrected chi connectivity index (χ0v) is 15.7. The number of sulfonamides is 1. The summed E-state index contributed by atoms with van der Waals surface area (Å²) in [6.07, 6.45) is 1.80. The van der Waals surface area contributed by atoms with E-state index in [9.17, 15) is 13.2 Å². The van der Waals surface area contributed by atoms with Crippen LogP contribution in [-0.4, -0.2) is 51.9 Å². The lowest BCUT2D eigenvalue weighted by Gasteiger charge is -2.28. The second kappa shape index (κ2) is 7.63. The van der Waals surface area contributed by atoms with Crippen molar-refractivity contribution in [2.45, 2.75) is 44.6 Å². The van der Waals surface area contributed by atoms with Gasteiger partial charge in [0.25, 0.3) is 5.91 Å². The van der Waals surface area contributed by atoms with Crippen molar-refractivity contribution >= 4 is 15.9 Å². The molecule has 1 saturated heterocycles. The van der Waals surface area contributed by atoms with Crippen molar-refractivity contribution in [1.82, 2.24) is 14.9 Å². The molecule has 2 rings (SSSR count). The van der Waals surface area contributed by atoms with E-state index in [1.54, 1.807) is 13.0 Å². The van der Waals surface area contributed by atoms with Gasteiger partial charge in [0.15, 0.2) is 0 Å². The van der Waals surface area contributed by atoms with E-state index in [0.717, 1.165) is 31.5 Å². The lowest BCUT2D eigenvalue weighted by atomic mass is 10.0. The van der Waals surface area contributed by atoms with E-state index in [0.29, 0.717) is 17.7 Å². The second-order valence-corrected chi connectivity index (χ2v) is 8.12. The Morgan fingerprint density at radius 1 is 1.38 bits per heavy atom. The molecule has 2 N–H and O–H groups in total. The van der Waals surface area contributed by atoms with Gasteiger partial charge < -0.3 is 10.2 Å². The maximum atomic E-state index is 13.0. The third-order valence-corrected chi connectivity index (χ3v) is 6.17. The fourth-order valence-electron chi connectivity index (χ4n) is 3.10. The van der Waals surface area contributed by atoms with E-state index in [1.165, 1.54) is 13.1 Å². The molecule has 1 aliphatic rings. The molecular formula is C17H27N3O3S. The van der Waals surface area contributed by atoms with Crippen molar-refractivity contribution in [3.63, 3.8) is 0 Å². The molecule has 6 nitrogen and oxygen atoms in total. The normalized spacial score (nSPS) is 17.9. The first kappa shape index (κ1) is 18.9. The van der Waals surface area contributed by atoms with Gasteiger partial charge in [0.2, 0.25) is 10.0 Å². The molecule has 0 radical (unpaired) electrons. The summed E-state index contributed by atoms with van der Waals surface area (Å²) in [6.45, 7) is 8.01. The predicted octanol–water partition coefficient (Wildman–Crippen LogP) is 1.43. The summed E-state index contributed by atoms with van der Waals surface area (Å²) in [4.78, 5) is 15.1. The van der Waals surface area contributed by atoms with Crippen LogP contribution < -0.4 is 10.0 Å². The average molecular weight is 353 g/mol. The van der Waals surface area contributed by atoms with Gasteiger partial charge in [-0.25, -0.2) is 13.1 Å². The van der Waals surface area contributed by atoms with Crippen LogP contribution in [0.3, 0.4) is 0 Å². The minimum atomic E-state index is -3.60. The molecule has 1 atom stereocenters. The molecule has 1 aliphatic heterocycles. The molecule has 0 aromatic heterocycles. The van der Waals surface area contributed by atoms with Gasteiger partial charge in [0.1, 0.15) is 0 Å². The maximum Gasteiger partial charge on any atom is 0.254 e. The van der Waals surface area contributed by atoms with Crippen molar-refractivity contribution in [1.29, 1.82) is 0 Å². The monoisotopic (exact) mass is 353 g/mol. The number of nitrogens with one attached hydrogen (secondary N) is 2. The summed E-state index contributed by atoms with van der Waals surface area (Å²) in [6, 6.07) is 3.46. The van der Waals surface area contributed by atoms with E-state index in [4.69, 9.17) is 0 Å². The molecule has 0 spiro atoms. The molecule has 7 heteroatoms. The van der Waals surface area contributed by atoms with Crippen molar-refractivity contribution in [2.24, 2.45) is 0 Å². The number of benzene rings is 1. The fourth-order valence-corrected chi connectivity index (χ4v) is 4.17. The van der Waals surface area contributed by atoms with E-state index >= 15 is 0 Å². The summed E-state index contributed by atoms with van der Waals surface area (Å²) in [5, 5.41) is 3.28. The summed E-state index contributed by atoms with van der Waals surface area (Å²) < 4.78 is 26.8. The topological polar surface area (TPSA) is 78.5 Å². The number of carbonyl (C=O) groups excluding carboxylic acids is 1. The molecule has 1 aromatic rings. The molecule has 1 heterocycles. The van der Waals surface area contributed by atoms with Crippen LogP contribution in [0.15, 0.2) is 17.0 Å². The minimum Gasteiger partial charge on any atom is -0.334 e. The SMILES string of the molecule is CCCN(C(=O)c1cc(C)c(C)c(S(=O)(=O)NC)c1)C1CCNC1. The first-order chi connectivity index (χ1) is 11.3. The van der Waals surface area contributed by atoms with E-state index < -0.39 is 10.0 Å². The van der Waals surface area contributed by atoms with Gasteiger partial charge in [-0.1, -0.05) is 6.92 Å². The van der Waals surface area contributed by atoms with Gasteiger partial charge in [-0.2, -0.15) is 0 Å². The Hall–Kier alpha value is -1.44. The Balaban J connectivity index is 2.44. The van der Waals surface area contributed by atoms with Gasteiger partial charge >= 0.3 is 0 Å². The Kier molecular flexibility index (Phi) is 6.01. The summed E-state index contributed by atoms with van der Waals surface area (Å²) in [5.74, 6) is -0.0961. The summed E-state index contributed by atoms with van der Waals surface area (Å²) in [5.41, 5.74) is 1.91. The lowest BCUT2D eigenvalue weighted by Crippen LogP contribution is -2.42. The number of hydrogen-bond donors (Lipinski definition) is 2. The molecule has 134 valence electrons. The standard InChI is InChI=1S/C17H27N3O3S/c1-5-8-20(15-6-7-19-11-15)17(21)14-9-12(2)13(3)16(10-14)24(22,23)18-4/h9-10,15,18-19H,5-8,11H2,1-4H3. The van der Waals surface area contributed by atoms with Gasteiger partial charge in [-0.15, -0.1) is 0 Å². The molecule has 0 bridgehead atoms.